The summed E-state index contributed by atoms with van der Waals surface area (Å²) in [5, 5.41) is 0.508. The summed E-state index contributed by atoms with van der Waals surface area (Å²) >= 11 is 1.95. The highest BCUT2D eigenvalue weighted by atomic mass is 32.2. The molecule has 1 aliphatic heterocycles. The predicted octanol–water partition coefficient (Wildman–Crippen LogP) is 3.89. The van der Waals surface area contributed by atoms with Gasteiger partial charge in [0.2, 0.25) is 0 Å². The molecule has 1 nitrogen and oxygen atoms in total. The molecule has 0 saturated carbocycles. The van der Waals surface area contributed by atoms with Crippen molar-refractivity contribution in [3.63, 3.8) is 0 Å². The summed E-state index contributed by atoms with van der Waals surface area (Å²) in [6, 6.07) is 15.6. The van der Waals surface area contributed by atoms with Crippen LogP contribution in [-0.2, 0) is 12.8 Å². The summed E-state index contributed by atoms with van der Waals surface area (Å²) in [6.07, 6.45) is 2.07. The second kappa shape index (κ2) is 5.63. The Morgan fingerprint density at radius 1 is 1.15 bits per heavy atom. The molecule has 20 heavy (non-hydrogen) atoms. The molecule has 0 saturated heterocycles. The molecule has 2 aromatic rings. The van der Waals surface area contributed by atoms with Gasteiger partial charge in [0, 0.05) is 16.2 Å². The number of rotatable bonds is 3. The quantitative estimate of drug-likeness (QED) is 0.925. The van der Waals surface area contributed by atoms with Crippen LogP contribution in [-0.4, -0.2) is 11.3 Å². The number of benzene rings is 2. The Bertz CT molecular complexity index is 575. The van der Waals surface area contributed by atoms with Gasteiger partial charge in [-0.3, -0.25) is 0 Å². The van der Waals surface area contributed by atoms with E-state index in [1.807, 2.05) is 11.8 Å². The summed E-state index contributed by atoms with van der Waals surface area (Å²) in [7, 11) is 0. The summed E-state index contributed by atoms with van der Waals surface area (Å²) in [6.45, 7) is 4.31. The Labute approximate surface area is 125 Å². The first-order chi connectivity index (χ1) is 9.61. The maximum Gasteiger partial charge on any atom is 0.0290 e. The first kappa shape index (κ1) is 13.7. The molecule has 0 bridgehead atoms. The SMILES string of the molecule is Cc1cc(C)cc(CC(N)C2Cc3ccccc3S2)c1. The van der Waals surface area contributed by atoms with E-state index in [-0.39, 0.29) is 6.04 Å². The van der Waals surface area contributed by atoms with Crippen LogP contribution in [0.3, 0.4) is 0 Å². The molecule has 0 radical (unpaired) electrons. The van der Waals surface area contributed by atoms with Crippen molar-refractivity contribution in [2.75, 3.05) is 0 Å². The van der Waals surface area contributed by atoms with Crippen molar-refractivity contribution in [1.29, 1.82) is 0 Å². The minimum atomic E-state index is 0.216. The molecule has 2 heteroatoms. The van der Waals surface area contributed by atoms with Crippen LogP contribution < -0.4 is 5.73 Å². The lowest BCUT2D eigenvalue weighted by Gasteiger charge is -2.18. The molecule has 0 aliphatic carbocycles. The summed E-state index contributed by atoms with van der Waals surface area (Å²) < 4.78 is 0. The highest BCUT2D eigenvalue weighted by Crippen LogP contribution is 2.38. The van der Waals surface area contributed by atoms with Crippen LogP contribution in [0.4, 0.5) is 0 Å². The molecule has 0 aromatic heterocycles. The Balaban J connectivity index is 1.70. The van der Waals surface area contributed by atoms with E-state index < -0.39 is 0 Å². The lowest BCUT2D eigenvalue weighted by molar-refractivity contribution is 0.632. The van der Waals surface area contributed by atoms with Gasteiger partial charge >= 0.3 is 0 Å². The zero-order valence-electron chi connectivity index (χ0n) is 12.1. The summed E-state index contributed by atoms with van der Waals surface area (Å²) in [5.74, 6) is 0. The Kier molecular flexibility index (Phi) is 3.86. The van der Waals surface area contributed by atoms with E-state index in [0.717, 1.165) is 12.8 Å². The molecule has 2 N–H and O–H groups in total. The monoisotopic (exact) mass is 283 g/mol. The molecule has 104 valence electrons. The maximum absolute atomic E-state index is 6.47. The Morgan fingerprint density at radius 2 is 1.85 bits per heavy atom. The molecule has 0 fully saturated rings. The van der Waals surface area contributed by atoms with E-state index in [9.17, 15) is 0 Å². The van der Waals surface area contributed by atoms with E-state index in [4.69, 9.17) is 5.73 Å². The fraction of sp³-hybridized carbons (Fsp3) is 0.333. The van der Waals surface area contributed by atoms with Gasteiger partial charge in [-0.1, -0.05) is 47.5 Å². The van der Waals surface area contributed by atoms with Gasteiger partial charge in [-0.2, -0.15) is 0 Å². The van der Waals surface area contributed by atoms with Crippen molar-refractivity contribution in [2.24, 2.45) is 5.73 Å². The van der Waals surface area contributed by atoms with Crippen molar-refractivity contribution in [3.8, 4) is 0 Å². The smallest absolute Gasteiger partial charge is 0.0290 e. The van der Waals surface area contributed by atoms with Gasteiger partial charge in [0.1, 0.15) is 0 Å². The van der Waals surface area contributed by atoms with Crippen molar-refractivity contribution in [2.45, 2.75) is 42.9 Å². The zero-order chi connectivity index (χ0) is 14.1. The fourth-order valence-corrected chi connectivity index (χ4v) is 4.36. The van der Waals surface area contributed by atoms with Gasteiger partial charge in [-0.15, -0.1) is 11.8 Å². The third-order valence-electron chi connectivity index (χ3n) is 3.90. The number of nitrogens with two attached hydrogens (primary N) is 1. The van der Waals surface area contributed by atoms with Crippen LogP contribution in [0, 0.1) is 13.8 Å². The van der Waals surface area contributed by atoms with Crippen molar-refractivity contribution in [1.82, 2.24) is 0 Å². The van der Waals surface area contributed by atoms with Crippen LogP contribution in [0.15, 0.2) is 47.4 Å². The molecule has 2 atom stereocenters. The maximum atomic E-state index is 6.47. The largest absolute Gasteiger partial charge is 0.326 e. The number of hydrogen-bond donors (Lipinski definition) is 1. The molecule has 3 rings (SSSR count). The standard InChI is InChI=1S/C18H21NS/c1-12-7-13(2)9-14(8-12)10-16(19)18-11-15-5-3-4-6-17(15)20-18/h3-9,16,18H,10-11,19H2,1-2H3. The number of hydrogen-bond acceptors (Lipinski definition) is 2. The topological polar surface area (TPSA) is 26.0 Å². The van der Waals surface area contributed by atoms with Crippen molar-refractivity contribution in [3.05, 3.63) is 64.7 Å². The third kappa shape index (κ3) is 2.92. The first-order valence-electron chi connectivity index (χ1n) is 7.19. The second-order valence-corrected chi connectivity index (χ2v) is 7.11. The molecular formula is C18H21NS. The number of aryl methyl sites for hydroxylation is 2. The minimum absolute atomic E-state index is 0.216. The molecule has 1 aliphatic rings. The molecule has 0 spiro atoms. The van der Waals surface area contributed by atoms with Crippen molar-refractivity contribution < 1.29 is 0 Å². The van der Waals surface area contributed by atoms with E-state index in [1.165, 1.54) is 27.1 Å². The zero-order valence-corrected chi connectivity index (χ0v) is 12.9. The normalized spacial score (nSPS) is 18.9. The van der Waals surface area contributed by atoms with Crippen LogP contribution in [0.5, 0.6) is 0 Å². The third-order valence-corrected chi connectivity index (χ3v) is 5.37. The lowest BCUT2D eigenvalue weighted by Crippen LogP contribution is -2.34. The number of thioether (sulfide) groups is 1. The highest BCUT2D eigenvalue weighted by molar-refractivity contribution is 8.00. The van der Waals surface area contributed by atoms with Gasteiger partial charge in [-0.05, 0) is 43.9 Å². The van der Waals surface area contributed by atoms with E-state index in [1.54, 1.807) is 0 Å². The molecule has 2 aromatic carbocycles. The fourth-order valence-electron chi connectivity index (χ4n) is 3.04. The predicted molar refractivity (Wildman–Crippen MR) is 87.4 cm³/mol. The molecule has 0 amide bonds. The number of fused-ring (bicyclic) bond motifs is 1. The van der Waals surface area contributed by atoms with Gasteiger partial charge in [0.05, 0.1) is 0 Å². The van der Waals surface area contributed by atoms with E-state index >= 15 is 0 Å². The first-order valence-corrected chi connectivity index (χ1v) is 8.07. The minimum Gasteiger partial charge on any atom is -0.326 e. The van der Waals surface area contributed by atoms with E-state index in [0.29, 0.717) is 5.25 Å². The molecule has 2 unspecified atom stereocenters. The van der Waals surface area contributed by atoms with Gasteiger partial charge in [-0.25, -0.2) is 0 Å². The molecule has 1 heterocycles. The van der Waals surface area contributed by atoms with Gasteiger partial charge in [0.15, 0.2) is 0 Å². The molecular weight excluding hydrogens is 262 g/mol. The van der Waals surface area contributed by atoms with Crippen LogP contribution in [0.25, 0.3) is 0 Å². The second-order valence-electron chi connectivity index (χ2n) is 5.83. The van der Waals surface area contributed by atoms with Crippen molar-refractivity contribution >= 4 is 11.8 Å². The summed E-state index contributed by atoms with van der Waals surface area (Å²) in [5.41, 5.74) is 12.0. The van der Waals surface area contributed by atoms with Crippen LogP contribution >= 0.6 is 11.8 Å². The van der Waals surface area contributed by atoms with Crippen LogP contribution in [0.1, 0.15) is 22.3 Å². The van der Waals surface area contributed by atoms with E-state index in [2.05, 4.69) is 56.3 Å². The van der Waals surface area contributed by atoms with Gasteiger partial charge < -0.3 is 5.73 Å². The van der Waals surface area contributed by atoms with Gasteiger partial charge in [0.25, 0.3) is 0 Å². The Morgan fingerprint density at radius 3 is 2.55 bits per heavy atom. The van der Waals surface area contributed by atoms with Crippen LogP contribution in [0.2, 0.25) is 0 Å². The lowest BCUT2D eigenvalue weighted by atomic mass is 9.97. The average Bonchev–Trinajstić information content (AvgIpc) is 2.81. The highest BCUT2D eigenvalue weighted by Gasteiger charge is 2.27. The summed E-state index contributed by atoms with van der Waals surface area (Å²) in [4.78, 5) is 1.41. The average molecular weight is 283 g/mol. The Hall–Kier alpha value is -1.25.